The van der Waals surface area contributed by atoms with Gasteiger partial charge in [-0.05, 0) is 19.1 Å². The second-order valence-electron chi connectivity index (χ2n) is 9.74. The number of aromatic carboxylic acids is 1. The van der Waals surface area contributed by atoms with Gasteiger partial charge in [-0.15, -0.1) is 0 Å². The average molecular weight is 578 g/mol. The summed E-state index contributed by atoms with van der Waals surface area (Å²) in [5.41, 5.74) is 1.55. The fraction of sp³-hybridized carbons (Fsp3) is 0.321. The Hall–Kier alpha value is -4.50. The van der Waals surface area contributed by atoms with E-state index in [0.717, 1.165) is 5.56 Å². The fourth-order valence-electron chi connectivity index (χ4n) is 5.21. The highest BCUT2D eigenvalue weighted by Crippen LogP contribution is 2.44. The number of carbonyl (C=O) groups is 2. The van der Waals surface area contributed by atoms with Crippen LogP contribution in [0.5, 0.6) is 0 Å². The van der Waals surface area contributed by atoms with E-state index in [1.165, 1.54) is 30.9 Å². The second-order valence-corrected chi connectivity index (χ2v) is 9.74. The molecule has 0 bridgehead atoms. The van der Waals surface area contributed by atoms with Crippen molar-refractivity contribution < 1.29 is 33.3 Å². The largest absolute Gasteiger partial charge is 0.478 e. The van der Waals surface area contributed by atoms with Crippen LogP contribution in [-0.4, -0.2) is 68.0 Å². The van der Waals surface area contributed by atoms with Crippen LogP contribution >= 0.6 is 0 Å². The van der Waals surface area contributed by atoms with E-state index in [0.29, 0.717) is 17.7 Å². The number of urea groups is 1. The number of halogens is 1. The number of hydrogen-bond donors (Lipinski definition) is 4. The summed E-state index contributed by atoms with van der Waals surface area (Å²) in [6, 6.07) is 13.0. The van der Waals surface area contributed by atoms with Crippen molar-refractivity contribution in [3.05, 3.63) is 83.7 Å². The zero-order valence-electron chi connectivity index (χ0n) is 22.4. The highest BCUT2D eigenvalue weighted by atomic mass is 19.1. The smallest absolute Gasteiger partial charge is 0.336 e. The molecule has 2 aliphatic heterocycles. The summed E-state index contributed by atoms with van der Waals surface area (Å²) in [5, 5.41) is 17.9. The predicted octanol–water partition coefficient (Wildman–Crippen LogP) is 2.98. The quantitative estimate of drug-likeness (QED) is 0.233. The third-order valence-electron chi connectivity index (χ3n) is 7.12. The van der Waals surface area contributed by atoms with Crippen molar-refractivity contribution in [3.63, 3.8) is 0 Å². The second kappa shape index (κ2) is 11.8. The number of anilines is 1. The number of hydrogen-bond acceptors (Lipinski definition) is 9. The fourth-order valence-corrected chi connectivity index (χ4v) is 5.21. The monoisotopic (exact) mass is 577 g/mol. The molecule has 6 rings (SSSR count). The Balaban J connectivity index is 1.26. The number of carboxylic acids is 1. The van der Waals surface area contributed by atoms with E-state index in [4.69, 9.17) is 14.2 Å². The number of carboxylic acid groups (broad SMARTS) is 1. The number of rotatable bonds is 9. The number of imidazole rings is 1. The predicted molar refractivity (Wildman–Crippen MR) is 146 cm³/mol. The van der Waals surface area contributed by atoms with Crippen molar-refractivity contribution in [1.82, 2.24) is 30.2 Å². The molecule has 2 saturated heterocycles. The van der Waals surface area contributed by atoms with Crippen LogP contribution in [0.2, 0.25) is 0 Å². The van der Waals surface area contributed by atoms with Gasteiger partial charge >= 0.3 is 12.0 Å². The first-order valence-corrected chi connectivity index (χ1v) is 13.4. The van der Waals surface area contributed by atoms with Gasteiger partial charge in [-0.25, -0.2) is 28.9 Å². The van der Waals surface area contributed by atoms with Crippen molar-refractivity contribution >= 4 is 29.0 Å². The van der Waals surface area contributed by atoms with Gasteiger partial charge in [0.25, 0.3) is 0 Å². The SMILES string of the molecule is CCNC(=O)Nc1ncnc2c1ncn2C1OC(CNCc2c(F)cccc2C(=O)O)C2O[C@H](c3ccccc3)OC21. The first-order valence-electron chi connectivity index (χ1n) is 13.4. The Morgan fingerprint density at radius 3 is 2.62 bits per heavy atom. The Morgan fingerprint density at radius 2 is 1.83 bits per heavy atom. The van der Waals surface area contributed by atoms with E-state index >= 15 is 0 Å². The number of carbonyl (C=O) groups excluding carboxylic acids is 1. The van der Waals surface area contributed by atoms with Crippen LogP contribution in [0, 0.1) is 5.82 Å². The zero-order valence-corrected chi connectivity index (χ0v) is 22.4. The minimum absolute atomic E-state index is 0.0325. The number of nitrogens with one attached hydrogen (secondary N) is 3. The molecule has 14 heteroatoms. The van der Waals surface area contributed by atoms with Crippen molar-refractivity contribution in [2.45, 2.75) is 44.3 Å². The Bertz CT molecular complexity index is 1600. The highest BCUT2D eigenvalue weighted by Gasteiger charge is 2.53. The summed E-state index contributed by atoms with van der Waals surface area (Å²) in [7, 11) is 0. The first-order chi connectivity index (χ1) is 20.4. The summed E-state index contributed by atoms with van der Waals surface area (Å²) in [6.45, 7) is 2.42. The maximum absolute atomic E-state index is 14.5. The van der Waals surface area contributed by atoms with Gasteiger partial charge in [-0.1, -0.05) is 36.4 Å². The number of fused-ring (bicyclic) bond motifs is 2. The number of ether oxygens (including phenoxy) is 3. The molecule has 0 saturated carbocycles. The molecule has 4 heterocycles. The normalized spacial score (nSPS) is 23.1. The summed E-state index contributed by atoms with van der Waals surface area (Å²) in [6.07, 6.45) is -0.161. The van der Waals surface area contributed by atoms with Crippen LogP contribution in [0.15, 0.2) is 61.2 Å². The van der Waals surface area contributed by atoms with Gasteiger partial charge < -0.3 is 30.0 Å². The molecular weight excluding hydrogens is 549 g/mol. The lowest BCUT2D eigenvalue weighted by molar-refractivity contribution is -0.146. The molecule has 2 aromatic carbocycles. The van der Waals surface area contributed by atoms with Gasteiger partial charge in [0.05, 0.1) is 11.9 Å². The molecule has 5 atom stereocenters. The van der Waals surface area contributed by atoms with Gasteiger partial charge in [0, 0.05) is 30.8 Å². The van der Waals surface area contributed by atoms with Crippen LogP contribution in [-0.2, 0) is 20.8 Å². The number of amides is 2. The molecule has 2 aliphatic rings. The molecule has 4 aromatic rings. The maximum Gasteiger partial charge on any atom is 0.336 e. The topological polar surface area (TPSA) is 162 Å². The molecule has 13 nitrogen and oxygen atoms in total. The molecule has 42 heavy (non-hydrogen) atoms. The lowest BCUT2D eigenvalue weighted by Crippen LogP contribution is -2.36. The summed E-state index contributed by atoms with van der Waals surface area (Å²) < 4.78 is 35.3. The van der Waals surface area contributed by atoms with E-state index in [1.54, 1.807) is 11.5 Å². The highest BCUT2D eigenvalue weighted by molar-refractivity contribution is 5.95. The van der Waals surface area contributed by atoms with Crippen LogP contribution in [0.25, 0.3) is 11.2 Å². The average Bonchev–Trinajstić information content (AvgIpc) is 3.69. The third kappa shape index (κ3) is 5.27. The molecule has 218 valence electrons. The summed E-state index contributed by atoms with van der Waals surface area (Å²) in [4.78, 5) is 36.7. The van der Waals surface area contributed by atoms with E-state index in [-0.39, 0.29) is 30.0 Å². The number of nitrogens with zero attached hydrogens (tertiary/aromatic N) is 4. The van der Waals surface area contributed by atoms with Gasteiger partial charge in [-0.2, -0.15) is 0 Å². The molecule has 2 fully saturated rings. The molecule has 0 radical (unpaired) electrons. The molecule has 0 aliphatic carbocycles. The Morgan fingerprint density at radius 1 is 1.02 bits per heavy atom. The maximum atomic E-state index is 14.5. The minimum Gasteiger partial charge on any atom is -0.478 e. The van der Waals surface area contributed by atoms with Crippen LogP contribution in [0.4, 0.5) is 15.0 Å². The standard InChI is InChI=1S/C28H28FN7O6/c1-2-31-28(39)35-23-20-24(33-13-32-23)36(14-34-20)25-22-21(41-27(42-22)15-7-4-3-5-8-15)19(40-25)12-30-11-17-16(26(37)38)9-6-10-18(17)29/h3-10,13-14,19,21-22,25,27,30H,2,11-12H2,1H3,(H,37,38)(H2,31,32,33,35,39)/t19?,21?,22?,25?,27-/m0/s1. The minimum atomic E-state index is -1.21. The summed E-state index contributed by atoms with van der Waals surface area (Å²) in [5.74, 6) is -1.59. The van der Waals surface area contributed by atoms with Crippen molar-refractivity contribution in [1.29, 1.82) is 0 Å². The lowest BCUT2D eigenvalue weighted by atomic mass is 10.1. The van der Waals surface area contributed by atoms with E-state index in [2.05, 4.69) is 30.9 Å². The number of aromatic nitrogens is 4. The molecule has 0 spiro atoms. The van der Waals surface area contributed by atoms with E-state index in [1.807, 2.05) is 30.3 Å². The molecule has 4 N–H and O–H groups in total. The van der Waals surface area contributed by atoms with Gasteiger partial charge in [0.1, 0.15) is 30.5 Å². The van der Waals surface area contributed by atoms with Crippen LogP contribution in [0.3, 0.4) is 0 Å². The van der Waals surface area contributed by atoms with E-state index < -0.39 is 48.6 Å². The first kappa shape index (κ1) is 27.7. The van der Waals surface area contributed by atoms with Gasteiger partial charge in [0.2, 0.25) is 0 Å². The van der Waals surface area contributed by atoms with E-state index in [9.17, 15) is 19.1 Å². The van der Waals surface area contributed by atoms with Crippen molar-refractivity contribution in [2.24, 2.45) is 0 Å². The molecule has 4 unspecified atom stereocenters. The van der Waals surface area contributed by atoms with Gasteiger partial charge in [-0.3, -0.25) is 9.88 Å². The van der Waals surface area contributed by atoms with Crippen molar-refractivity contribution in [2.75, 3.05) is 18.4 Å². The third-order valence-corrected chi connectivity index (χ3v) is 7.12. The van der Waals surface area contributed by atoms with Crippen molar-refractivity contribution in [3.8, 4) is 0 Å². The molecular formula is C28H28FN7O6. The number of benzene rings is 2. The van der Waals surface area contributed by atoms with Crippen LogP contribution < -0.4 is 16.0 Å². The van der Waals surface area contributed by atoms with Gasteiger partial charge in [0.15, 0.2) is 29.5 Å². The summed E-state index contributed by atoms with van der Waals surface area (Å²) >= 11 is 0. The lowest BCUT2D eigenvalue weighted by Gasteiger charge is -2.22. The Labute approximate surface area is 239 Å². The zero-order chi connectivity index (χ0) is 29.2. The van der Waals surface area contributed by atoms with Crippen LogP contribution in [0.1, 0.15) is 40.9 Å². The molecule has 2 amide bonds. The Kier molecular flexibility index (Phi) is 7.75. The molecule has 2 aromatic heterocycles.